The van der Waals surface area contributed by atoms with Gasteiger partial charge in [-0.25, -0.2) is 4.98 Å². The zero-order chi connectivity index (χ0) is 12.7. The van der Waals surface area contributed by atoms with Gasteiger partial charge in [0.15, 0.2) is 0 Å². The molecule has 0 aliphatic rings. The van der Waals surface area contributed by atoms with E-state index in [4.69, 9.17) is 5.26 Å². The number of nitrogens with zero attached hydrogens (tertiary/aromatic N) is 3. The van der Waals surface area contributed by atoms with E-state index in [-0.39, 0.29) is 5.69 Å². The molecule has 1 aromatic heterocycles. The third kappa shape index (κ3) is 4.07. The average molecular weight is 234 g/mol. The molecule has 90 valence electrons. The predicted molar refractivity (Wildman–Crippen MR) is 63.6 cm³/mol. The number of nitro groups is 1. The molecule has 1 heterocycles. The van der Waals surface area contributed by atoms with Crippen LogP contribution in [-0.2, 0) is 0 Å². The Hall–Kier alpha value is -2.16. The molecule has 0 aliphatic carbocycles. The molecule has 0 fully saturated rings. The van der Waals surface area contributed by atoms with E-state index in [0.717, 1.165) is 12.8 Å². The van der Waals surface area contributed by atoms with Gasteiger partial charge in [-0.05, 0) is 25.8 Å². The molecule has 1 rings (SSSR count). The van der Waals surface area contributed by atoms with Crippen molar-refractivity contribution in [2.75, 3.05) is 11.9 Å². The highest BCUT2D eigenvalue weighted by Crippen LogP contribution is 2.18. The molecule has 17 heavy (non-hydrogen) atoms. The Kier molecular flexibility index (Phi) is 4.88. The van der Waals surface area contributed by atoms with Gasteiger partial charge in [-0.3, -0.25) is 10.1 Å². The highest BCUT2D eigenvalue weighted by Gasteiger charge is 2.10. The first-order valence-corrected chi connectivity index (χ1v) is 5.37. The summed E-state index contributed by atoms with van der Waals surface area (Å²) in [5.41, 5.74) is 0.615. The molecular weight excluding hydrogens is 220 g/mol. The summed E-state index contributed by atoms with van der Waals surface area (Å²) in [6.07, 6.45) is 3.53. The van der Waals surface area contributed by atoms with Crippen molar-refractivity contribution in [2.24, 2.45) is 0 Å². The molecule has 0 aromatic carbocycles. The largest absolute Gasteiger partial charge is 0.370 e. The van der Waals surface area contributed by atoms with Gasteiger partial charge in [-0.15, -0.1) is 0 Å². The van der Waals surface area contributed by atoms with E-state index >= 15 is 0 Å². The van der Waals surface area contributed by atoms with Crippen LogP contribution in [0.1, 0.15) is 24.8 Å². The Bertz CT molecular complexity index is 440. The molecule has 0 unspecified atom stereocenters. The minimum absolute atomic E-state index is 0.0278. The lowest BCUT2D eigenvalue weighted by Crippen LogP contribution is -2.04. The van der Waals surface area contributed by atoms with Gasteiger partial charge in [-0.1, -0.05) is 0 Å². The van der Waals surface area contributed by atoms with E-state index in [2.05, 4.69) is 16.4 Å². The first-order chi connectivity index (χ1) is 8.15. The summed E-state index contributed by atoms with van der Waals surface area (Å²) in [6, 6.07) is 3.73. The first-order valence-electron chi connectivity index (χ1n) is 5.37. The second-order valence-corrected chi connectivity index (χ2v) is 3.66. The summed E-state index contributed by atoms with van der Waals surface area (Å²) >= 11 is 0. The molecule has 1 aromatic rings. The highest BCUT2D eigenvalue weighted by atomic mass is 16.6. The van der Waals surface area contributed by atoms with Crippen molar-refractivity contribution in [3.05, 3.63) is 27.9 Å². The van der Waals surface area contributed by atoms with E-state index in [1.807, 2.05) is 0 Å². The molecule has 0 saturated carbocycles. The number of unbranched alkanes of at least 4 members (excludes halogenated alkanes) is 2. The molecule has 0 aliphatic heterocycles. The highest BCUT2D eigenvalue weighted by molar-refractivity contribution is 5.46. The van der Waals surface area contributed by atoms with Crippen molar-refractivity contribution in [1.29, 1.82) is 5.26 Å². The number of anilines is 1. The van der Waals surface area contributed by atoms with Crippen molar-refractivity contribution in [3.63, 3.8) is 0 Å². The fourth-order valence-electron chi connectivity index (χ4n) is 1.38. The molecule has 0 radical (unpaired) electrons. The minimum atomic E-state index is -0.445. The maximum absolute atomic E-state index is 10.6. The van der Waals surface area contributed by atoms with E-state index in [9.17, 15) is 10.1 Å². The SMILES string of the molecule is Cc1cc(NCCCCC#N)ncc1[N+](=O)[O-]. The van der Waals surface area contributed by atoms with E-state index < -0.39 is 4.92 Å². The number of aromatic nitrogens is 1. The fraction of sp³-hybridized carbons (Fsp3) is 0.455. The molecule has 0 spiro atoms. The van der Waals surface area contributed by atoms with Gasteiger partial charge in [0.1, 0.15) is 12.0 Å². The Morgan fingerprint density at radius 1 is 1.59 bits per heavy atom. The van der Waals surface area contributed by atoms with Crippen LogP contribution >= 0.6 is 0 Å². The van der Waals surface area contributed by atoms with Crippen LogP contribution in [0.2, 0.25) is 0 Å². The van der Waals surface area contributed by atoms with Crippen LogP contribution in [0, 0.1) is 28.4 Å². The summed E-state index contributed by atoms with van der Waals surface area (Å²) in [6.45, 7) is 2.40. The number of hydrogen-bond acceptors (Lipinski definition) is 5. The van der Waals surface area contributed by atoms with Crippen molar-refractivity contribution in [3.8, 4) is 6.07 Å². The van der Waals surface area contributed by atoms with Crippen molar-refractivity contribution in [1.82, 2.24) is 4.98 Å². The Labute approximate surface area is 99.4 Å². The normalized spacial score (nSPS) is 9.65. The third-order valence-corrected chi connectivity index (χ3v) is 2.30. The van der Waals surface area contributed by atoms with Gasteiger partial charge in [0, 0.05) is 18.5 Å². The van der Waals surface area contributed by atoms with Crippen LogP contribution in [0.15, 0.2) is 12.3 Å². The van der Waals surface area contributed by atoms with Gasteiger partial charge in [-0.2, -0.15) is 5.26 Å². The maximum Gasteiger partial charge on any atom is 0.290 e. The monoisotopic (exact) mass is 234 g/mol. The molecule has 6 heteroatoms. The maximum atomic E-state index is 10.6. The molecule has 6 nitrogen and oxygen atoms in total. The second kappa shape index (κ2) is 6.43. The second-order valence-electron chi connectivity index (χ2n) is 3.66. The molecule has 0 bridgehead atoms. The van der Waals surface area contributed by atoms with Gasteiger partial charge >= 0.3 is 0 Å². The minimum Gasteiger partial charge on any atom is -0.370 e. The van der Waals surface area contributed by atoms with Crippen molar-refractivity contribution < 1.29 is 4.92 Å². The fourth-order valence-corrected chi connectivity index (χ4v) is 1.38. The number of aryl methyl sites for hydroxylation is 1. The van der Waals surface area contributed by atoms with Crippen LogP contribution in [0.4, 0.5) is 11.5 Å². The Morgan fingerprint density at radius 3 is 2.94 bits per heavy atom. The lowest BCUT2D eigenvalue weighted by molar-refractivity contribution is -0.385. The number of hydrogen-bond donors (Lipinski definition) is 1. The lowest BCUT2D eigenvalue weighted by Gasteiger charge is -2.05. The van der Waals surface area contributed by atoms with E-state index in [0.29, 0.717) is 24.3 Å². The number of pyridine rings is 1. The average Bonchev–Trinajstić information content (AvgIpc) is 2.28. The number of nitriles is 1. The summed E-state index contributed by atoms with van der Waals surface area (Å²) in [5, 5.41) is 22.0. The van der Waals surface area contributed by atoms with E-state index in [1.54, 1.807) is 13.0 Å². The quantitative estimate of drug-likeness (QED) is 0.463. The molecular formula is C11H14N4O2. The molecule has 0 amide bonds. The topological polar surface area (TPSA) is 91.8 Å². The molecule has 0 atom stereocenters. The van der Waals surface area contributed by atoms with Gasteiger partial charge in [0.05, 0.1) is 11.0 Å². The predicted octanol–water partition coefficient (Wildman–Crippen LogP) is 2.40. The van der Waals surface area contributed by atoms with Crippen LogP contribution < -0.4 is 5.32 Å². The van der Waals surface area contributed by atoms with Crippen molar-refractivity contribution >= 4 is 11.5 Å². The van der Waals surface area contributed by atoms with E-state index in [1.165, 1.54) is 6.20 Å². The summed E-state index contributed by atoms with van der Waals surface area (Å²) < 4.78 is 0. The zero-order valence-corrected chi connectivity index (χ0v) is 9.64. The molecule has 0 saturated heterocycles. The van der Waals surface area contributed by atoms with Crippen LogP contribution in [-0.4, -0.2) is 16.5 Å². The standard InChI is InChI=1S/C11H14N4O2/c1-9-7-11(13-6-4-2-3-5-12)14-8-10(9)15(16)17/h7-8H,2-4,6H2,1H3,(H,13,14). The number of rotatable bonds is 6. The smallest absolute Gasteiger partial charge is 0.290 e. The Morgan fingerprint density at radius 2 is 2.35 bits per heavy atom. The van der Waals surface area contributed by atoms with Crippen molar-refractivity contribution in [2.45, 2.75) is 26.2 Å². The van der Waals surface area contributed by atoms with Gasteiger partial charge in [0.25, 0.3) is 5.69 Å². The van der Waals surface area contributed by atoms with Crippen LogP contribution in [0.25, 0.3) is 0 Å². The first kappa shape index (κ1) is 12.9. The number of nitrogens with one attached hydrogen (secondary N) is 1. The molecule has 1 N–H and O–H groups in total. The van der Waals surface area contributed by atoms with Gasteiger partial charge < -0.3 is 5.32 Å². The van der Waals surface area contributed by atoms with Crippen LogP contribution in [0.5, 0.6) is 0 Å². The third-order valence-electron chi connectivity index (χ3n) is 2.30. The summed E-state index contributed by atoms with van der Waals surface area (Å²) in [5.74, 6) is 0.630. The van der Waals surface area contributed by atoms with Crippen LogP contribution in [0.3, 0.4) is 0 Å². The lowest BCUT2D eigenvalue weighted by atomic mass is 10.2. The van der Waals surface area contributed by atoms with Gasteiger partial charge in [0.2, 0.25) is 0 Å². The zero-order valence-electron chi connectivity index (χ0n) is 9.64. The summed E-state index contributed by atoms with van der Waals surface area (Å²) in [4.78, 5) is 14.1. The Balaban J connectivity index is 2.48. The summed E-state index contributed by atoms with van der Waals surface area (Å²) in [7, 11) is 0.